The summed E-state index contributed by atoms with van der Waals surface area (Å²) in [4.78, 5) is 14.2. The third-order valence-electron chi connectivity index (χ3n) is 3.30. The van der Waals surface area contributed by atoms with Crippen LogP contribution in [0.4, 0.5) is 0 Å². The molecule has 0 radical (unpaired) electrons. The molecule has 18 heavy (non-hydrogen) atoms. The van der Waals surface area contributed by atoms with Crippen LogP contribution < -0.4 is 5.32 Å². The van der Waals surface area contributed by atoms with E-state index in [0.717, 1.165) is 19.5 Å². The lowest BCUT2D eigenvalue weighted by molar-refractivity contribution is -0.146. The molecule has 4 heteroatoms. The first-order valence-electron chi connectivity index (χ1n) is 6.76. The fourth-order valence-corrected chi connectivity index (χ4v) is 2.21. The highest BCUT2D eigenvalue weighted by atomic mass is 16.5. The summed E-state index contributed by atoms with van der Waals surface area (Å²) < 4.78 is 5.13. The molecule has 104 valence electrons. The standard InChI is InChI=1S/C14H26N2O2/c1-6-18-14(17)13(10(2)3)15-12-7-8-16(5)9-11(12)4/h10,13,15H,6-9H2,1-5H3/t13-/m1/s1. The normalized spacial score (nSPS) is 19.0. The minimum atomic E-state index is -0.238. The number of esters is 1. The number of hydrogen-bond acceptors (Lipinski definition) is 4. The summed E-state index contributed by atoms with van der Waals surface area (Å²) in [5.41, 5.74) is 2.53. The molecule has 0 aromatic heterocycles. The first kappa shape index (κ1) is 15.0. The zero-order valence-electron chi connectivity index (χ0n) is 12.2. The molecule has 0 aromatic carbocycles. The van der Waals surface area contributed by atoms with E-state index in [1.54, 1.807) is 0 Å². The number of carbonyl (C=O) groups excluding carboxylic acids is 1. The van der Waals surface area contributed by atoms with Gasteiger partial charge in [0.1, 0.15) is 6.04 Å². The van der Waals surface area contributed by atoms with Crippen LogP contribution in [0.15, 0.2) is 11.3 Å². The Bertz CT molecular complexity index is 324. The van der Waals surface area contributed by atoms with Crippen molar-refractivity contribution in [3.05, 3.63) is 11.3 Å². The fraction of sp³-hybridized carbons (Fsp3) is 0.786. The van der Waals surface area contributed by atoms with Crippen LogP contribution in [0, 0.1) is 5.92 Å². The molecule has 0 bridgehead atoms. The topological polar surface area (TPSA) is 41.6 Å². The maximum Gasteiger partial charge on any atom is 0.328 e. The third kappa shape index (κ3) is 4.02. The fourth-order valence-electron chi connectivity index (χ4n) is 2.21. The number of ether oxygens (including phenoxy) is 1. The smallest absolute Gasteiger partial charge is 0.328 e. The summed E-state index contributed by atoms with van der Waals surface area (Å²) in [6.07, 6.45) is 0.977. The van der Waals surface area contributed by atoms with E-state index in [2.05, 4.69) is 24.2 Å². The zero-order chi connectivity index (χ0) is 13.7. The van der Waals surface area contributed by atoms with Crippen LogP contribution in [0.3, 0.4) is 0 Å². The van der Waals surface area contributed by atoms with E-state index in [4.69, 9.17) is 4.74 Å². The molecule has 1 rings (SSSR count). The Morgan fingerprint density at radius 1 is 1.50 bits per heavy atom. The summed E-state index contributed by atoms with van der Waals surface area (Å²) in [7, 11) is 2.12. The minimum absolute atomic E-state index is 0.147. The molecule has 0 fully saturated rings. The van der Waals surface area contributed by atoms with Crippen molar-refractivity contribution in [3.8, 4) is 0 Å². The van der Waals surface area contributed by atoms with Gasteiger partial charge in [-0.25, -0.2) is 4.79 Å². The number of hydrogen-bond donors (Lipinski definition) is 1. The van der Waals surface area contributed by atoms with Crippen molar-refractivity contribution in [2.45, 2.75) is 40.2 Å². The highest BCUT2D eigenvalue weighted by Gasteiger charge is 2.25. The van der Waals surface area contributed by atoms with Crippen molar-refractivity contribution in [2.24, 2.45) is 5.92 Å². The largest absolute Gasteiger partial charge is 0.464 e. The molecular formula is C14H26N2O2. The van der Waals surface area contributed by atoms with Gasteiger partial charge in [-0.3, -0.25) is 0 Å². The molecular weight excluding hydrogens is 228 g/mol. The van der Waals surface area contributed by atoms with Crippen LogP contribution in [0.2, 0.25) is 0 Å². The van der Waals surface area contributed by atoms with Crippen LogP contribution in [-0.4, -0.2) is 43.7 Å². The summed E-state index contributed by atoms with van der Waals surface area (Å²) in [5.74, 6) is 0.0794. The van der Waals surface area contributed by atoms with Crippen LogP contribution in [0.5, 0.6) is 0 Å². The summed E-state index contributed by atoms with van der Waals surface area (Å²) in [5, 5.41) is 3.39. The molecule has 0 unspecified atom stereocenters. The van der Waals surface area contributed by atoms with Crippen LogP contribution >= 0.6 is 0 Å². The number of rotatable bonds is 5. The van der Waals surface area contributed by atoms with Gasteiger partial charge in [-0.05, 0) is 38.8 Å². The molecule has 0 aliphatic carbocycles. The second-order valence-corrected chi connectivity index (χ2v) is 5.36. The van der Waals surface area contributed by atoms with Crippen molar-refractivity contribution >= 4 is 5.97 Å². The van der Waals surface area contributed by atoms with Gasteiger partial charge in [0.15, 0.2) is 0 Å². The quantitative estimate of drug-likeness (QED) is 0.759. The van der Waals surface area contributed by atoms with Gasteiger partial charge in [0, 0.05) is 18.8 Å². The first-order chi connectivity index (χ1) is 8.45. The number of nitrogens with one attached hydrogen (secondary N) is 1. The van der Waals surface area contributed by atoms with Gasteiger partial charge in [-0.2, -0.15) is 0 Å². The molecule has 0 aromatic rings. The molecule has 0 amide bonds. The van der Waals surface area contributed by atoms with Gasteiger partial charge in [-0.1, -0.05) is 13.8 Å². The second kappa shape index (κ2) is 6.78. The lowest BCUT2D eigenvalue weighted by atomic mass is 10.0. The summed E-state index contributed by atoms with van der Waals surface area (Å²) >= 11 is 0. The Kier molecular flexibility index (Phi) is 5.66. The average molecular weight is 254 g/mol. The van der Waals surface area contributed by atoms with E-state index in [0.29, 0.717) is 6.61 Å². The van der Waals surface area contributed by atoms with Crippen molar-refractivity contribution in [3.63, 3.8) is 0 Å². The van der Waals surface area contributed by atoms with Crippen LogP contribution in [-0.2, 0) is 9.53 Å². The van der Waals surface area contributed by atoms with Crippen LogP contribution in [0.1, 0.15) is 34.1 Å². The van der Waals surface area contributed by atoms with Crippen molar-refractivity contribution in [1.29, 1.82) is 0 Å². The van der Waals surface area contributed by atoms with Gasteiger partial charge >= 0.3 is 5.97 Å². The lowest BCUT2D eigenvalue weighted by Crippen LogP contribution is -2.44. The Morgan fingerprint density at radius 2 is 2.17 bits per heavy atom. The van der Waals surface area contributed by atoms with Crippen molar-refractivity contribution in [2.75, 3.05) is 26.7 Å². The zero-order valence-corrected chi connectivity index (χ0v) is 12.2. The Balaban J connectivity index is 2.72. The van der Waals surface area contributed by atoms with Crippen molar-refractivity contribution in [1.82, 2.24) is 10.2 Å². The van der Waals surface area contributed by atoms with Gasteiger partial charge in [0.25, 0.3) is 0 Å². The number of nitrogens with zero attached hydrogens (tertiary/aromatic N) is 1. The third-order valence-corrected chi connectivity index (χ3v) is 3.30. The van der Waals surface area contributed by atoms with E-state index in [1.165, 1.54) is 11.3 Å². The predicted molar refractivity (Wildman–Crippen MR) is 73.2 cm³/mol. The Labute approximate surface area is 110 Å². The minimum Gasteiger partial charge on any atom is -0.464 e. The van der Waals surface area contributed by atoms with Crippen LogP contribution in [0.25, 0.3) is 0 Å². The summed E-state index contributed by atoms with van der Waals surface area (Å²) in [6.45, 7) is 10.5. The average Bonchev–Trinajstić information content (AvgIpc) is 2.27. The first-order valence-corrected chi connectivity index (χ1v) is 6.76. The van der Waals surface area contributed by atoms with Gasteiger partial charge in [-0.15, -0.1) is 0 Å². The molecule has 1 atom stereocenters. The van der Waals surface area contributed by atoms with Gasteiger partial charge in [0.2, 0.25) is 0 Å². The molecule has 0 saturated heterocycles. The molecule has 1 aliphatic rings. The van der Waals surface area contributed by atoms with E-state index in [9.17, 15) is 4.79 Å². The van der Waals surface area contributed by atoms with Gasteiger partial charge < -0.3 is 15.0 Å². The molecule has 1 N–H and O–H groups in total. The van der Waals surface area contributed by atoms with Gasteiger partial charge in [0.05, 0.1) is 6.61 Å². The maximum absolute atomic E-state index is 11.9. The lowest BCUT2D eigenvalue weighted by Gasteiger charge is -2.30. The van der Waals surface area contributed by atoms with E-state index >= 15 is 0 Å². The molecule has 0 spiro atoms. The van der Waals surface area contributed by atoms with E-state index in [-0.39, 0.29) is 17.9 Å². The highest BCUT2D eigenvalue weighted by molar-refractivity contribution is 5.76. The number of carbonyl (C=O) groups is 1. The molecule has 0 saturated carbocycles. The molecule has 1 aliphatic heterocycles. The Morgan fingerprint density at radius 3 is 2.67 bits per heavy atom. The predicted octanol–water partition coefficient (Wildman–Crippen LogP) is 1.77. The molecule has 1 heterocycles. The summed E-state index contributed by atoms with van der Waals surface area (Å²) in [6, 6.07) is -0.238. The second-order valence-electron chi connectivity index (χ2n) is 5.36. The molecule has 4 nitrogen and oxygen atoms in total. The van der Waals surface area contributed by atoms with Crippen molar-refractivity contribution < 1.29 is 9.53 Å². The Hall–Kier alpha value is -1.03. The number of likely N-dealkylation sites (N-methyl/N-ethyl adjacent to an activating group) is 1. The van der Waals surface area contributed by atoms with E-state index in [1.807, 2.05) is 20.8 Å². The monoisotopic (exact) mass is 254 g/mol. The SMILES string of the molecule is CCOC(=O)[C@H](NC1=C(C)CN(C)CC1)C(C)C. The highest BCUT2D eigenvalue weighted by Crippen LogP contribution is 2.16. The van der Waals surface area contributed by atoms with E-state index < -0.39 is 0 Å². The maximum atomic E-state index is 11.9.